The first-order valence-corrected chi connectivity index (χ1v) is 8.10. The van der Waals surface area contributed by atoms with Gasteiger partial charge < -0.3 is 14.8 Å². The van der Waals surface area contributed by atoms with Gasteiger partial charge in [0.25, 0.3) is 0 Å². The number of rotatable bonds is 5. The maximum atomic E-state index is 12.6. The van der Waals surface area contributed by atoms with Crippen LogP contribution in [0.5, 0.6) is 0 Å². The fourth-order valence-corrected chi connectivity index (χ4v) is 2.83. The normalized spacial score (nSPS) is 10.8. The Balaban J connectivity index is 1.75. The highest BCUT2D eigenvalue weighted by Gasteiger charge is 2.19. The van der Waals surface area contributed by atoms with Crippen molar-refractivity contribution in [2.24, 2.45) is 0 Å². The molecule has 0 saturated carbocycles. The number of hydrogen-bond acceptors (Lipinski definition) is 5. The predicted octanol–water partition coefficient (Wildman–Crippen LogP) is 2.99. The predicted molar refractivity (Wildman–Crippen MR) is 95.4 cm³/mol. The fraction of sp³-hybridized carbons (Fsp3) is 0.0526. The first-order valence-electron chi connectivity index (χ1n) is 8.10. The highest BCUT2D eigenvalue weighted by Crippen LogP contribution is 2.23. The SMILES string of the molecule is O=C(O)NCc1cccc(-c2ccnc3c(C(=O)c4ccco4)cnn23)c1. The van der Waals surface area contributed by atoms with Crippen LogP contribution in [0.3, 0.4) is 0 Å². The van der Waals surface area contributed by atoms with Crippen molar-refractivity contribution in [2.45, 2.75) is 6.54 Å². The lowest BCUT2D eigenvalue weighted by molar-refractivity contribution is 0.101. The molecule has 134 valence electrons. The monoisotopic (exact) mass is 362 g/mol. The number of benzene rings is 1. The number of amides is 1. The first-order chi connectivity index (χ1) is 13.1. The molecular weight excluding hydrogens is 348 g/mol. The number of nitrogens with zero attached hydrogens (tertiary/aromatic N) is 3. The second kappa shape index (κ2) is 6.75. The molecule has 0 unspecified atom stereocenters. The standard InChI is InChI=1S/C19H14N4O4/c24-17(16-5-2-8-27-16)14-11-22-23-15(6-7-20-18(14)23)13-4-1-3-12(9-13)10-21-19(25)26/h1-9,11,21H,10H2,(H,25,26). The Morgan fingerprint density at radius 1 is 1.19 bits per heavy atom. The van der Waals surface area contributed by atoms with Gasteiger partial charge in [-0.3, -0.25) is 4.79 Å². The van der Waals surface area contributed by atoms with Gasteiger partial charge in [0, 0.05) is 18.3 Å². The van der Waals surface area contributed by atoms with Gasteiger partial charge in [0.2, 0.25) is 5.78 Å². The molecule has 1 amide bonds. The molecule has 2 N–H and O–H groups in total. The van der Waals surface area contributed by atoms with Crippen LogP contribution in [0.1, 0.15) is 21.7 Å². The summed E-state index contributed by atoms with van der Waals surface area (Å²) < 4.78 is 6.76. The van der Waals surface area contributed by atoms with Crippen LogP contribution in [0.15, 0.2) is 65.5 Å². The lowest BCUT2D eigenvalue weighted by Crippen LogP contribution is -2.19. The number of fused-ring (bicyclic) bond motifs is 1. The maximum absolute atomic E-state index is 12.6. The van der Waals surface area contributed by atoms with Crippen molar-refractivity contribution in [3.05, 3.63) is 78.0 Å². The summed E-state index contributed by atoms with van der Waals surface area (Å²) in [6.45, 7) is 0.193. The number of carbonyl (C=O) groups excluding carboxylic acids is 1. The number of nitrogens with one attached hydrogen (secondary N) is 1. The van der Waals surface area contributed by atoms with Gasteiger partial charge in [-0.05, 0) is 29.8 Å². The molecule has 4 aromatic rings. The molecule has 0 atom stereocenters. The van der Waals surface area contributed by atoms with Crippen LogP contribution in [-0.2, 0) is 6.54 Å². The molecule has 0 aliphatic heterocycles. The van der Waals surface area contributed by atoms with Crippen molar-refractivity contribution in [2.75, 3.05) is 0 Å². The van der Waals surface area contributed by atoms with Crippen LogP contribution >= 0.6 is 0 Å². The average Bonchev–Trinajstić information content (AvgIpc) is 3.36. The van der Waals surface area contributed by atoms with Gasteiger partial charge in [0.1, 0.15) is 0 Å². The quantitative estimate of drug-likeness (QED) is 0.528. The van der Waals surface area contributed by atoms with Crippen molar-refractivity contribution in [1.29, 1.82) is 0 Å². The number of carbonyl (C=O) groups is 2. The number of aromatic nitrogens is 3. The summed E-state index contributed by atoms with van der Waals surface area (Å²) >= 11 is 0. The molecule has 0 bridgehead atoms. The van der Waals surface area contributed by atoms with E-state index >= 15 is 0 Å². The van der Waals surface area contributed by atoms with Gasteiger partial charge in [-0.2, -0.15) is 5.10 Å². The third-order valence-corrected chi connectivity index (χ3v) is 4.06. The van der Waals surface area contributed by atoms with Crippen LogP contribution < -0.4 is 5.32 Å². The summed E-state index contributed by atoms with van der Waals surface area (Å²) in [6.07, 6.45) is 3.42. The molecule has 3 heterocycles. The second-order valence-corrected chi connectivity index (χ2v) is 5.79. The zero-order valence-corrected chi connectivity index (χ0v) is 14.0. The molecule has 0 aliphatic carbocycles. The summed E-state index contributed by atoms with van der Waals surface area (Å²) in [5, 5.41) is 15.4. The van der Waals surface area contributed by atoms with Crippen molar-refractivity contribution >= 4 is 17.5 Å². The zero-order chi connectivity index (χ0) is 18.8. The van der Waals surface area contributed by atoms with E-state index in [4.69, 9.17) is 9.52 Å². The van der Waals surface area contributed by atoms with E-state index in [2.05, 4.69) is 15.4 Å². The molecule has 27 heavy (non-hydrogen) atoms. The Morgan fingerprint density at radius 2 is 2.07 bits per heavy atom. The summed E-state index contributed by atoms with van der Waals surface area (Å²) in [7, 11) is 0. The van der Waals surface area contributed by atoms with Crippen LogP contribution in [0.25, 0.3) is 16.9 Å². The van der Waals surface area contributed by atoms with Gasteiger partial charge >= 0.3 is 6.09 Å². The van der Waals surface area contributed by atoms with Crippen molar-refractivity contribution in [3.8, 4) is 11.3 Å². The van der Waals surface area contributed by atoms with Crippen molar-refractivity contribution < 1.29 is 19.1 Å². The lowest BCUT2D eigenvalue weighted by atomic mass is 10.1. The van der Waals surface area contributed by atoms with E-state index in [-0.39, 0.29) is 18.1 Å². The summed E-state index contributed by atoms with van der Waals surface area (Å²) in [4.78, 5) is 27.6. The number of hydrogen-bond donors (Lipinski definition) is 2. The van der Waals surface area contributed by atoms with Gasteiger partial charge in [-0.25, -0.2) is 14.3 Å². The first kappa shape index (κ1) is 16.5. The van der Waals surface area contributed by atoms with Gasteiger partial charge in [0.05, 0.1) is 23.7 Å². The molecule has 8 heteroatoms. The lowest BCUT2D eigenvalue weighted by Gasteiger charge is -2.07. The van der Waals surface area contributed by atoms with Crippen LogP contribution in [0.4, 0.5) is 4.79 Å². The minimum Gasteiger partial charge on any atom is -0.465 e. The Labute approximate surface area is 153 Å². The molecule has 3 aromatic heterocycles. The molecule has 0 radical (unpaired) electrons. The van der Waals surface area contributed by atoms with Crippen LogP contribution in [0, 0.1) is 0 Å². The highest BCUT2D eigenvalue weighted by atomic mass is 16.4. The molecule has 1 aromatic carbocycles. The third kappa shape index (κ3) is 3.15. The molecule has 0 saturated heterocycles. The van der Waals surface area contributed by atoms with Crippen LogP contribution in [0.2, 0.25) is 0 Å². The Hall–Kier alpha value is -3.94. The average molecular weight is 362 g/mol. The topological polar surface area (TPSA) is 110 Å². The maximum Gasteiger partial charge on any atom is 0.404 e. The molecular formula is C19H14N4O4. The second-order valence-electron chi connectivity index (χ2n) is 5.79. The zero-order valence-electron chi connectivity index (χ0n) is 14.0. The minimum atomic E-state index is -1.08. The molecule has 0 fully saturated rings. The Kier molecular flexibility index (Phi) is 4.13. The van der Waals surface area contributed by atoms with E-state index in [0.717, 1.165) is 16.8 Å². The summed E-state index contributed by atoms with van der Waals surface area (Å²) in [5.74, 6) is -0.0714. The highest BCUT2D eigenvalue weighted by molar-refractivity contribution is 6.10. The Morgan fingerprint density at radius 3 is 2.85 bits per heavy atom. The van der Waals surface area contributed by atoms with E-state index in [9.17, 15) is 9.59 Å². The van der Waals surface area contributed by atoms with E-state index in [0.29, 0.717) is 11.2 Å². The third-order valence-electron chi connectivity index (χ3n) is 4.06. The number of ketones is 1. The van der Waals surface area contributed by atoms with Gasteiger partial charge in [-0.15, -0.1) is 0 Å². The Bertz CT molecular complexity index is 1130. The molecule has 0 spiro atoms. The summed E-state index contributed by atoms with van der Waals surface area (Å²) in [6, 6.07) is 12.4. The van der Waals surface area contributed by atoms with Crippen LogP contribution in [-0.4, -0.2) is 31.6 Å². The number of carboxylic acid groups (broad SMARTS) is 1. The van der Waals surface area contributed by atoms with Crippen molar-refractivity contribution in [3.63, 3.8) is 0 Å². The van der Waals surface area contributed by atoms with Gasteiger partial charge in [-0.1, -0.05) is 18.2 Å². The van der Waals surface area contributed by atoms with Crippen molar-refractivity contribution in [1.82, 2.24) is 19.9 Å². The van der Waals surface area contributed by atoms with E-state index in [1.165, 1.54) is 12.5 Å². The molecule has 8 nitrogen and oxygen atoms in total. The van der Waals surface area contributed by atoms with E-state index in [1.807, 2.05) is 24.3 Å². The molecule has 4 rings (SSSR count). The fourth-order valence-electron chi connectivity index (χ4n) is 2.83. The smallest absolute Gasteiger partial charge is 0.404 e. The van der Waals surface area contributed by atoms with E-state index < -0.39 is 6.09 Å². The summed E-state index contributed by atoms with van der Waals surface area (Å²) in [5.41, 5.74) is 3.13. The number of furan rings is 1. The minimum absolute atomic E-state index is 0.193. The molecule has 0 aliphatic rings. The van der Waals surface area contributed by atoms with E-state index in [1.54, 1.807) is 28.9 Å². The largest absolute Gasteiger partial charge is 0.465 e. The van der Waals surface area contributed by atoms with Gasteiger partial charge in [0.15, 0.2) is 11.4 Å².